The number of rotatable bonds is 6. The summed E-state index contributed by atoms with van der Waals surface area (Å²) in [7, 11) is 0. The number of fused-ring (bicyclic) bond motifs is 1. The molecule has 1 atom stereocenters. The second-order valence-corrected chi connectivity index (χ2v) is 5.22. The number of ether oxygens (including phenoxy) is 1. The summed E-state index contributed by atoms with van der Waals surface area (Å²) in [6, 6.07) is 6.03. The predicted molar refractivity (Wildman–Crippen MR) is 87.8 cm³/mol. The van der Waals surface area contributed by atoms with Crippen molar-refractivity contribution in [1.29, 1.82) is 0 Å². The van der Waals surface area contributed by atoms with Crippen LogP contribution >= 0.6 is 0 Å². The predicted octanol–water partition coefficient (Wildman–Crippen LogP) is 5.20. The molecule has 1 unspecified atom stereocenters. The van der Waals surface area contributed by atoms with E-state index in [4.69, 9.17) is 4.74 Å². The standard InChI is InChI=1S/C16H20F3NO.C2H6/c1-3-21-14-7-6-12-4-5-13(15(12)10-14)8-9-20-11(2)16(17,18)19;1-2/h6-7,10,13,20H,2-5,8-9H2,1H3;1-2H3. The van der Waals surface area contributed by atoms with Crippen LogP contribution < -0.4 is 10.1 Å². The van der Waals surface area contributed by atoms with Gasteiger partial charge in [-0.2, -0.15) is 13.2 Å². The smallest absolute Gasteiger partial charge is 0.430 e. The van der Waals surface area contributed by atoms with Crippen molar-refractivity contribution in [2.45, 2.75) is 52.1 Å². The van der Waals surface area contributed by atoms with Crippen LogP contribution in [0.2, 0.25) is 0 Å². The maximum atomic E-state index is 12.3. The highest BCUT2D eigenvalue weighted by Gasteiger charge is 2.32. The monoisotopic (exact) mass is 329 g/mol. The largest absolute Gasteiger partial charge is 0.494 e. The van der Waals surface area contributed by atoms with Gasteiger partial charge < -0.3 is 10.1 Å². The Kier molecular flexibility index (Phi) is 7.46. The first-order valence-corrected chi connectivity index (χ1v) is 8.17. The number of nitrogens with one attached hydrogen (secondary N) is 1. The summed E-state index contributed by atoms with van der Waals surface area (Å²) in [5, 5.41) is 2.37. The van der Waals surface area contributed by atoms with Gasteiger partial charge in [-0.15, -0.1) is 0 Å². The Morgan fingerprint density at radius 1 is 1.35 bits per heavy atom. The molecule has 0 saturated carbocycles. The molecule has 0 amide bonds. The van der Waals surface area contributed by atoms with Gasteiger partial charge in [-0.3, -0.25) is 0 Å². The van der Waals surface area contributed by atoms with E-state index < -0.39 is 11.9 Å². The first kappa shape index (κ1) is 19.4. The highest BCUT2D eigenvalue weighted by Crippen LogP contribution is 2.37. The zero-order chi connectivity index (χ0) is 17.5. The molecule has 1 aliphatic carbocycles. The lowest BCUT2D eigenvalue weighted by molar-refractivity contribution is -0.0963. The Morgan fingerprint density at radius 2 is 2.04 bits per heavy atom. The molecule has 1 N–H and O–H groups in total. The molecule has 2 rings (SSSR count). The van der Waals surface area contributed by atoms with Gasteiger partial charge in [-0.05, 0) is 55.4 Å². The van der Waals surface area contributed by atoms with Gasteiger partial charge in [0.25, 0.3) is 0 Å². The van der Waals surface area contributed by atoms with Crippen LogP contribution in [-0.2, 0) is 6.42 Å². The quantitative estimate of drug-likeness (QED) is 0.775. The van der Waals surface area contributed by atoms with Gasteiger partial charge in [0.05, 0.1) is 6.61 Å². The molecule has 0 bridgehead atoms. The third-order valence-electron chi connectivity index (χ3n) is 3.80. The molecular weight excluding hydrogens is 303 g/mol. The normalized spacial score (nSPS) is 16.2. The van der Waals surface area contributed by atoms with Gasteiger partial charge in [0.15, 0.2) is 0 Å². The molecule has 0 aromatic heterocycles. The number of halogens is 3. The van der Waals surface area contributed by atoms with Crippen LogP contribution in [0.1, 0.15) is 50.7 Å². The van der Waals surface area contributed by atoms with Crippen molar-refractivity contribution < 1.29 is 17.9 Å². The molecule has 23 heavy (non-hydrogen) atoms. The fourth-order valence-corrected chi connectivity index (χ4v) is 2.72. The molecule has 0 spiro atoms. The molecule has 0 heterocycles. The Labute approximate surface area is 136 Å². The summed E-state index contributed by atoms with van der Waals surface area (Å²) in [5.74, 6) is 1.12. The Balaban J connectivity index is 0.00000127. The molecule has 1 aromatic rings. The minimum atomic E-state index is -4.37. The van der Waals surface area contributed by atoms with Crippen LogP contribution in [0.25, 0.3) is 0 Å². The van der Waals surface area contributed by atoms with Gasteiger partial charge in [-0.25, -0.2) is 0 Å². The van der Waals surface area contributed by atoms with E-state index in [1.54, 1.807) is 0 Å². The lowest BCUT2D eigenvalue weighted by atomic mass is 9.97. The minimum absolute atomic E-state index is 0.279. The summed E-state index contributed by atoms with van der Waals surface area (Å²) >= 11 is 0. The number of alkyl halides is 3. The summed E-state index contributed by atoms with van der Waals surface area (Å²) in [5.41, 5.74) is 1.61. The van der Waals surface area contributed by atoms with E-state index >= 15 is 0 Å². The molecule has 0 saturated heterocycles. The second-order valence-electron chi connectivity index (χ2n) is 5.22. The molecule has 0 aliphatic heterocycles. The number of allylic oxidation sites excluding steroid dienone is 1. The Bertz CT molecular complexity index is 511. The van der Waals surface area contributed by atoms with Crippen molar-refractivity contribution in [3.8, 4) is 5.75 Å². The Morgan fingerprint density at radius 3 is 2.65 bits per heavy atom. The van der Waals surface area contributed by atoms with E-state index in [2.05, 4.69) is 18.0 Å². The van der Waals surface area contributed by atoms with Crippen LogP contribution in [0, 0.1) is 0 Å². The van der Waals surface area contributed by atoms with Gasteiger partial charge >= 0.3 is 6.18 Å². The van der Waals surface area contributed by atoms with Crippen molar-refractivity contribution in [2.24, 2.45) is 0 Å². The van der Waals surface area contributed by atoms with Crippen molar-refractivity contribution >= 4 is 0 Å². The van der Waals surface area contributed by atoms with E-state index in [1.807, 2.05) is 32.9 Å². The maximum Gasteiger partial charge on any atom is 0.430 e. The lowest BCUT2D eigenvalue weighted by Crippen LogP contribution is -2.26. The van der Waals surface area contributed by atoms with Gasteiger partial charge in [0, 0.05) is 6.54 Å². The fraction of sp³-hybridized carbons (Fsp3) is 0.556. The molecule has 1 aliphatic rings. The topological polar surface area (TPSA) is 21.3 Å². The van der Waals surface area contributed by atoms with Crippen molar-refractivity contribution in [3.63, 3.8) is 0 Å². The average Bonchev–Trinajstić information content (AvgIpc) is 2.91. The third kappa shape index (κ3) is 5.48. The highest BCUT2D eigenvalue weighted by atomic mass is 19.4. The summed E-state index contributed by atoms with van der Waals surface area (Å²) in [4.78, 5) is 0. The molecule has 0 radical (unpaired) electrons. The van der Waals surface area contributed by atoms with Crippen molar-refractivity contribution in [3.05, 3.63) is 41.6 Å². The first-order chi connectivity index (χ1) is 10.9. The Hall–Kier alpha value is -1.65. The highest BCUT2D eigenvalue weighted by molar-refractivity contribution is 5.41. The molecule has 0 fully saturated rings. The van der Waals surface area contributed by atoms with Crippen molar-refractivity contribution in [1.82, 2.24) is 5.32 Å². The van der Waals surface area contributed by atoms with E-state index in [0.717, 1.165) is 18.6 Å². The van der Waals surface area contributed by atoms with E-state index in [1.165, 1.54) is 11.1 Å². The van der Waals surface area contributed by atoms with Crippen LogP contribution in [-0.4, -0.2) is 19.3 Å². The molecule has 130 valence electrons. The number of benzene rings is 1. The number of aryl methyl sites for hydroxylation is 1. The third-order valence-corrected chi connectivity index (χ3v) is 3.80. The van der Waals surface area contributed by atoms with Crippen LogP contribution in [0.5, 0.6) is 5.75 Å². The van der Waals surface area contributed by atoms with E-state index in [0.29, 0.717) is 13.0 Å². The molecule has 5 heteroatoms. The number of hydrogen-bond donors (Lipinski definition) is 1. The van der Waals surface area contributed by atoms with Gasteiger partial charge in [-0.1, -0.05) is 26.5 Å². The van der Waals surface area contributed by atoms with Crippen LogP contribution in [0.3, 0.4) is 0 Å². The summed E-state index contributed by atoms with van der Waals surface area (Å²) in [6.07, 6.45) is -1.74. The average molecular weight is 329 g/mol. The minimum Gasteiger partial charge on any atom is -0.494 e. The second kappa shape index (κ2) is 8.85. The SMILES string of the molecule is C=C(NCCC1CCc2ccc(OCC)cc21)C(F)(F)F.CC. The first-order valence-electron chi connectivity index (χ1n) is 8.17. The lowest BCUT2D eigenvalue weighted by Gasteiger charge is -2.16. The molecule has 1 aromatic carbocycles. The van der Waals surface area contributed by atoms with E-state index in [9.17, 15) is 13.2 Å². The fourth-order valence-electron chi connectivity index (χ4n) is 2.72. The number of hydrogen-bond acceptors (Lipinski definition) is 2. The summed E-state index contributed by atoms with van der Waals surface area (Å²) in [6.45, 7) is 9.83. The maximum absolute atomic E-state index is 12.3. The van der Waals surface area contributed by atoms with Crippen LogP contribution in [0.15, 0.2) is 30.5 Å². The van der Waals surface area contributed by atoms with Crippen LogP contribution in [0.4, 0.5) is 13.2 Å². The van der Waals surface area contributed by atoms with E-state index in [-0.39, 0.29) is 12.5 Å². The zero-order valence-corrected chi connectivity index (χ0v) is 14.1. The molecule has 2 nitrogen and oxygen atoms in total. The molecular formula is C18H26F3NO. The zero-order valence-electron chi connectivity index (χ0n) is 14.1. The van der Waals surface area contributed by atoms with Gasteiger partial charge in [0.1, 0.15) is 11.4 Å². The van der Waals surface area contributed by atoms with Crippen molar-refractivity contribution in [2.75, 3.05) is 13.2 Å². The summed E-state index contributed by atoms with van der Waals surface area (Å²) < 4.78 is 42.5. The van der Waals surface area contributed by atoms with Gasteiger partial charge in [0.2, 0.25) is 0 Å².